The molecule has 0 radical (unpaired) electrons. The van der Waals surface area contributed by atoms with Gasteiger partial charge in [-0.2, -0.15) is 5.10 Å². The summed E-state index contributed by atoms with van der Waals surface area (Å²) >= 11 is 5.97. The highest BCUT2D eigenvalue weighted by atomic mass is 35.5. The monoisotopic (exact) mass is 341 g/mol. The molecule has 6 nitrogen and oxygen atoms in total. The molecule has 2 rings (SSSR count). The summed E-state index contributed by atoms with van der Waals surface area (Å²) < 4.78 is 22.5. The number of hydrazone groups is 1. The standard InChI is InChI=1S/C14H16ClN3O3S/c15-12(8-11-4-2-1-3-5-11)9-16-18-14(19)17-13-6-7-22(20,21)10-13/h1-5,8-9,13H,6-7,10H2,(H2,17,18,19)/b12-8+,16-9?/t13-/m0/s1. The Hall–Kier alpha value is -1.86. The number of hydrogen-bond acceptors (Lipinski definition) is 4. The van der Waals surface area contributed by atoms with E-state index in [9.17, 15) is 13.2 Å². The van der Waals surface area contributed by atoms with Crippen molar-refractivity contribution in [3.8, 4) is 0 Å². The predicted octanol–water partition coefficient (Wildman–Crippen LogP) is 1.74. The summed E-state index contributed by atoms with van der Waals surface area (Å²) in [6.45, 7) is 0. The molecule has 0 aliphatic carbocycles. The van der Waals surface area contributed by atoms with Gasteiger partial charge in [-0.25, -0.2) is 18.6 Å². The van der Waals surface area contributed by atoms with Gasteiger partial charge < -0.3 is 5.32 Å². The number of amides is 2. The van der Waals surface area contributed by atoms with Crippen LogP contribution >= 0.6 is 11.6 Å². The minimum absolute atomic E-state index is 0.0290. The molecule has 1 fully saturated rings. The second-order valence-corrected chi connectivity index (χ2v) is 7.55. The maximum absolute atomic E-state index is 11.6. The maximum Gasteiger partial charge on any atom is 0.335 e. The summed E-state index contributed by atoms with van der Waals surface area (Å²) in [4.78, 5) is 11.6. The van der Waals surface area contributed by atoms with Crippen LogP contribution in [0.1, 0.15) is 12.0 Å². The van der Waals surface area contributed by atoms with Crippen molar-refractivity contribution in [3.05, 3.63) is 40.9 Å². The predicted molar refractivity (Wildman–Crippen MR) is 87.5 cm³/mol. The van der Waals surface area contributed by atoms with Gasteiger partial charge in [-0.15, -0.1) is 0 Å². The highest BCUT2D eigenvalue weighted by Gasteiger charge is 2.28. The third-order valence-electron chi connectivity index (χ3n) is 3.03. The zero-order valence-electron chi connectivity index (χ0n) is 11.7. The van der Waals surface area contributed by atoms with Crippen LogP contribution in [0.25, 0.3) is 6.08 Å². The summed E-state index contributed by atoms with van der Waals surface area (Å²) in [5.74, 6) is 0.0751. The largest absolute Gasteiger partial charge is 0.335 e. The van der Waals surface area contributed by atoms with Crippen molar-refractivity contribution in [1.29, 1.82) is 0 Å². The lowest BCUT2D eigenvalue weighted by molar-refractivity contribution is 0.238. The summed E-state index contributed by atoms with van der Waals surface area (Å²) in [6.07, 6.45) is 3.43. The van der Waals surface area contributed by atoms with Crippen molar-refractivity contribution < 1.29 is 13.2 Å². The number of carbonyl (C=O) groups excluding carboxylic acids is 1. The first-order valence-electron chi connectivity index (χ1n) is 6.67. The number of benzene rings is 1. The van der Waals surface area contributed by atoms with Crippen LogP contribution in [0.4, 0.5) is 4.79 Å². The molecule has 2 N–H and O–H groups in total. The maximum atomic E-state index is 11.6. The molecule has 118 valence electrons. The summed E-state index contributed by atoms with van der Waals surface area (Å²) in [6, 6.07) is 8.52. The second kappa shape index (κ2) is 7.42. The van der Waals surface area contributed by atoms with Crippen LogP contribution in [0.15, 0.2) is 40.5 Å². The Morgan fingerprint density at radius 2 is 2.05 bits per heavy atom. The molecule has 1 aliphatic rings. The molecule has 0 spiro atoms. The van der Waals surface area contributed by atoms with Gasteiger partial charge in [0.2, 0.25) is 0 Å². The quantitative estimate of drug-likeness (QED) is 0.646. The highest BCUT2D eigenvalue weighted by molar-refractivity contribution is 7.91. The fourth-order valence-electron chi connectivity index (χ4n) is 2.02. The van der Waals surface area contributed by atoms with Crippen LogP contribution < -0.4 is 10.7 Å². The lowest BCUT2D eigenvalue weighted by Gasteiger charge is -2.09. The summed E-state index contributed by atoms with van der Waals surface area (Å²) in [5.41, 5.74) is 3.17. The van der Waals surface area contributed by atoms with E-state index in [4.69, 9.17) is 11.6 Å². The average molecular weight is 342 g/mol. The number of urea groups is 1. The van der Waals surface area contributed by atoms with Gasteiger partial charge in [0.15, 0.2) is 9.84 Å². The van der Waals surface area contributed by atoms with E-state index in [1.807, 2.05) is 30.3 Å². The van der Waals surface area contributed by atoms with Crippen LogP contribution in [0.5, 0.6) is 0 Å². The molecule has 0 unspecified atom stereocenters. The van der Waals surface area contributed by atoms with Crippen LogP contribution in [-0.4, -0.2) is 38.2 Å². The Balaban J connectivity index is 1.79. The summed E-state index contributed by atoms with van der Waals surface area (Å²) in [7, 11) is -3.02. The molecule has 0 aromatic heterocycles. The normalized spacial score (nSPS) is 21.0. The van der Waals surface area contributed by atoms with Gasteiger partial charge in [-0.1, -0.05) is 41.9 Å². The third-order valence-corrected chi connectivity index (χ3v) is 5.00. The molecule has 8 heteroatoms. The number of allylic oxidation sites excluding steroid dienone is 1. The van der Waals surface area contributed by atoms with Crippen LogP contribution in [-0.2, 0) is 9.84 Å². The van der Waals surface area contributed by atoms with Gasteiger partial charge in [0.25, 0.3) is 0 Å². The Morgan fingerprint density at radius 1 is 1.32 bits per heavy atom. The topological polar surface area (TPSA) is 87.6 Å². The number of rotatable bonds is 4. The Kier molecular flexibility index (Phi) is 5.57. The number of hydrogen-bond donors (Lipinski definition) is 2. The molecule has 22 heavy (non-hydrogen) atoms. The minimum atomic E-state index is -3.02. The first kappa shape index (κ1) is 16.5. The van der Waals surface area contributed by atoms with Crippen molar-refractivity contribution in [2.45, 2.75) is 12.5 Å². The molecular weight excluding hydrogens is 326 g/mol. The van der Waals surface area contributed by atoms with Crippen LogP contribution in [0.2, 0.25) is 0 Å². The number of nitrogens with one attached hydrogen (secondary N) is 2. The molecule has 1 saturated heterocycles. The molecule has 1 aromatic rings. The lowest BCUT2D eigenvalue weighted by Crippen LogP contribution is -2.40. The van der Waals surface area contributed by atoms with Crippen molar-refractivity contribution in [2.75, 3.05) is 11.5 Å². The van der Waals surface area contributed by atoms with E-state index in [-0.39, 0.29) is 17.5 Å². The van der Waals surface area contributed by atoms with Gasteiger partial charge in [0.1, 0.15) is 0 Å². The number of sulfone groups is 1. The fourth-order valence-corrected chi connectivity index (χ4v) is 3.87. The van der Waals surface area contributed by atoms with E-state index in [2.05, 4.69) is 15.8 Å². The van der Waals surface area contributed by atoms with E-state index in [0.29, 0.717) is 11.5 Å². The second-order valence-electron chi connectivity index (χ2n) is 4.88. The lowest BCUT2D eigenvalue weighted by atomic mass is 10.2. The van der Waals surface area contributed by atoms with E-state index < -0.39 is 15.9 Å². The van der Waals surface area contributed by atoms with E-state index in [1.54, 1.807) is 6.08 Å². The third kappa shape index (κ3) is 5.50. The summed E-state index contributed by atoms with van der Waals surface area (Å²) in [5, 5.41) is 6.62. The molecular formula is C14H16ClN3O3S. The van der Waals surface area contributed by atoms with Gasteiger partial charge in [0, 0.05) is 6.04 Å². The Morgan fingerprint density at radius 3 is 2.68 bits per heavy atom. The molecule has 2 amide bonds. The average Bonchev–Trinajstić information content (AvgIpc) is 2.79. The number of halogens is 1. The van der Waals surface area contributed by atoms with Gasteiger partial charge in [-0.05, 0) is 18.1 Å². The number of nitrogens with zero attached hydrogens (tertiary/aromatic N) is 1. The fraction of sp³-hybridized carbons (Fsp3) is 0.286. The first-order valence-corrected chi connectivity index (χ1v) is 8.87. The van der Waals surface area contributed by atoms with Crippen molar-refractivity contribution in [2.24, 2.45) is 5.10 Å². The van der Waals surface area contributed by atoms with E-state index in [0.717, 1.165) is 5.56 Å². The smallest absolute Gasteiger partial charge is 0.333 e. The molecule has 1 aromatic carbocycles. The molecule has 1 atom stereocenters. The zero-order chi connectivity index (χ0) is 16.0. The molecule has 1 aliphatic heterocycles. The molecule has 0 saturated carbocycles. The van der Waals surface area contributed by atoms with E-state index >= 15 is 0 Å². The first-order chi connectivity index (χ1) is 10.4. The van der Waals surface area contributed by atoms with Gasteiger partial charge >= 0.3 is 6.03 Å². The van der Waals surface area contributed by atoms with E-state index in [1.165, 1.54) is 6.21 Å². The molecule has 0 bridgehead atoms. The number of carbonyl (C=O) groups is 1. The van der Waals surface area contributed by atoms with Crippen molar-refractivity contribution in [3.63, 3.8) is 0 Å². The van der Waals surface area contributed by atoms with Gasteiger partial charge in [-0.3, -0.25) is 0 Å². The van der Waals surface area contributed by atoms with Gasteiger partial charge in [0.05, 0.1) is 22.8 Å². The van der Waals surface area contributed by atoms with Crippen LogP contribution in [0, 0.1) is 0 Å². The highest BCUT2D eigenvalue weighted by Crippen LogP contribution is 2.11. The molecule has 1 heterocycles. The van der Waals surface area contributed by atoms with Crippen LogP contribution in [0.3, 0.4) is 0 Å². The Bertz CT molecular complexity index is 687. The van der Waals surface area contributed by atoms with Crippen molar-refractivity contribution >= 4 is 39.8 Å². The minimum Gasteiger partial charge on any atom is -0.333 e. The zero-order valence-corrected chi connectivity index (χ0v) is 13.3. The SMILES string of the molecule is O=C(NN=C/C(Cl)=C\c1ccccc1)N[C@H]1CCS(=O)(=O)C1. The Labute approximate surface area is 134 Å². The van der Waals surface area contributed by atoms with Crippen molar-refractivity contribution in [1.82, 2.24) is 10.7 Å².